The fourth-order valence-electron chi connectivity index (χ4n) is 2.61. The molecule has 3 rings (SSSR count). The van der Waals surface area contributed by atoms with Crippen LogP contribution in [0.4, 0.5) is 0 Å². The Kier molecular flexibility index (Phi) is 6.84. The van der Waals surface area contributed by atoms with Gasteiger partial charge in [-0.15, -0.1) is 0 Å². The molecule has 0 fully saturated rings. The van der Waals surface area contributed by atoms with Crippen LogP contribution in [0.15, 0.2) is 82.4 Å². The molecule has 0 spiro atoms. The summed E-state index contributed by atoms with van der Waals surface area (Å²) in [6, 6.07) is 20.7. The van der Waals surface area contributed by atoms with Crippen LogP contribution in [0.3, 0.4) is 0 Å². The smallest absolute Gasteiger partial charge is 0.338 e. The van der Waals surface area contributed by atoms with Gasteiger partial charge in [-0.05, 0) is 35.4 Å². The number of nitrogens with zero attached hydrogens (tertiary/aromatic N) is 1. The molecule has 6 heteroatoms. The van der Waals surface area contributed by atoms with E-state index < -0.39 is 0 Å². The van der Waals surface area contributed by atoms with Gasteiger partial charge in [0.05, 0.1) is 18.4 Å². The summed E-state index contributed by atoms with van der Waals surface area (Å²) in [5, 5.41) is 6.39. The summed E-state index contributed by atoms with van der Waals surface area (Å²) in [5.74, 6) is 1.13. The Morgan fingerprint density at radius 3 is 2.50 bits per heavy atom. The van der Waals surface area contributed by atoms with Crippen molar-refractivity contribution in [2.24, 2.45) is 4.99 Å². The molecule has 2 aromatic carbocycles. The monoisotopic (exact) mass is 377 g/mol. The molecule has 0 amide bonds. The van der Waals surface area contributed by atoms with E-state index in [1.54, 1.807) is 19.4 Å². The third-order valence-corrected chi connectivity index (χ3v) is 4.07. The van der Waals surface area contributed by atoms with Gasteiger partial charge < -0.3 is 19.8 Å². The van der Waals surface area contributed by atoms with E-state index in [0.717, 1.165) is 16.9 Å². The van der Waals surface area contributed by atoms with Crippen LogP contribution in [0.25, 0.3) is 0 Å². The van der Waals surface area contributed by atoms with Crippen LogP contribution in [0.5, 0.6) is 0 Å². The van der Waals surface area contributed by atoms with Crippen molar-refractivity contribution in [1.29, 1.82) is 0 Å². The Morgan fingerprint density at radius 2 is 1.75 bits per heavy atom. The van der Waals surface area contributed by atoms with Gasteiger partial charge in [-0.1, -0.05) is 42.5 Å². The Bertz CT molecular complexity index is 906. The number of furan rings is 1. The van der Waals surface area contributed by atoms with Gasteiger partial charge in [0, 0.05) is 13.6 Å². The molecular formula is C22H23N3O3. The van der Waals surface area contributed by atoms with Gasteiger partial charge in [0.25, 0.3) is 0 Å². The fraction of sp³-hybridized carbons (Fsp3) is 0.182. The molecule has 6 nitrogen and oxygen atoms in total. The van der Waals surface area contributed by atoms with E-state index in [1.807, 2.05) is 60.7 Å². The van der Waals surface area contributed by atoms with Gasteiger partial charge in [0.1, 0.15) is 12.4 Å². The van der Waals surface area contributed by atoms with Gasteiger partial charge in [0.15, 0.2) is 5.96 Å². The Balaban J connectivity index is 1.51. The number of esters is 1. The quantitative estimate of drug-likeness (QED) is 0.374. The summed E-state index contributed by atoms with van der Waals surface area (Å²) in [4.78, 5) is 16.5. The average Bonchev–Trinajstić information content (AvgIpc) is 3.27. The van der Waals surface area contributed by atoms with Crippen molar-refractivity contribution in [3.63, 3.8) is 0 Å². The van der Waals surface area contributed by atoms with Gasteiger partial charge in [-0.2, -0.15) is 0 Å². The van der Waals surface area contributed by atoms with Crippen molar-refractivity contribution in [1.82, 2.24) is 10.6 Å². The number of nitrogens with one attached hydrogen (secondary N) is 2. The first kappa shape index (κ1) is 19.2. The number of aliphatic imine (C=N–C) groups is 1. The fourth-order valence-corrected chi connectivity index (χ4v) is 2.61. The second-order valence-electron chi connectivity index (χ2n) is 6.12. The molecule has 0 aliphatic carbocycles. The zero-order valence-electron chi connectivity index (χ0n) is 15.7. The van der Waals surface area contributed by atoms with Crippen LogP contribution in [-0.4, -0.2) is 19.0 Å². The zero-order chi connectivity index (χ0) is 19.6. The van der Waals surface area contributed by atoms with Crippen molar-refractivity contribution in [3.8, 4) is 0 Å². The molecule has 144 valence electrons. The number of carbonyl (C=O) groups excluding carboxylic acids is 1. The lowest BCUT2D eigenvalue weighted by Gasteiger charge is -2.12. The normalized spacial score (nSPS) is 11.1. The van der Waals surface area contributed by atoms with Gasteiger partial charge >= 0.3 is 5.97 Å². The highest BCUT2D eigenvalue weighted by Crippen LogP contribution is 2.09. The molecule has 0 radical (unpaired) electrons. The van der Waals surface area contributed by atoms with Crippen LogP contribution >= 0.6 is 0 Å². The van der Waals surface area contributed by atoms with E-state index in [1.165, 1.54) is 0 Å². The van der Waals surface area contributed by atoms with Crippen molar-refractivity contribution < 1.29 is 13.9 Å². The first-order valence-electron chi connectivity index (χ1n) is 9.01. The molecule has 0 saturated carbocycles. The zero-order valence-corrected chi connectivity index (χ0v) is 15.7. The maximum Gasteiger partial charge on any atom is 0.338 e. The number of benzene rings is 2. The van der Waals surface area contributed by atoms with Crippen LogP contribution in [-0.2, 0) is 24.4 Å². The highest BCUT2D eigenvalue weighted by Gasteiger charge is 2.08. The third kappa shape index (κ3) is 5.74. The summed E-state index contributed by atoms with van der Waals surface area (Å²) >= 11 is 0. The van der Waals surface area contributed by atoms with Gasteiger partial charge in [-0.25, -0.2) is 4.79 Å². The SMILES string of the molecule is CN=C(NCc1cccc(C(=O)OCc2ccccc2)c1)NCc1ccco1. The lowest BCUT2D eigenvalue weighted by molar-refractivity contribution is 0.0472. The minimum absolute atomic E-state index is 0.255. The molecular weight excluding hydrogens is 354 g/mol. The van der Waals surface area contributed by atoms with E-state index >= 15 is 0 Å². The van der Waals surface area contributed by atoms with Crippen molar-refractivity contribution in [2.45, 2.75) is 19.7 Å². The first-order valence-corrected chi connectivity index (χ1v) is 9.01. The van der Waals surface area contributed by atoms with Crippen molar-refractivity contribution in [3.05, 3.63) is 95.4 Å². The Labute approximate surface area is 164 Å². The van der Waals surface area contributed by atoms with Crippen LogP contribution in [0.1, 0.15) is 27.2 Å². The molecule has 28 heavy (non-hydrogen) atoms. The summed E-state index contributed by atoms with van der Waals surface area (Å²) in [7, 11) is 1.70. The number of guanidine groups is 1. The van der Waals surface area contributed by atoms with E-state index in [-0.39, 0.29) is 12.6 Å². The minimum atomic E-state index is -0.342. The molecule has 0 aliphatic rings. The summed E-state index contributed by atoms with van der Waals surface area (Å²) in [5.41, 5.74) is 2.43. The van der Waals surface area contributed by atoms with Crippen molar-refractivity contribution >= 4 is 11.9 Å². The van der Waals surface area contributed by atoms with E-state index in [2.05, 4.69) is 15.6 Å². The van der Waals surface area contributed by atoms with Gasteiger partial charge in [-0.3, -0.25) is 4.99 Å². The molecule has 0 atom stereocenters. The second-order valence-corrected chi connectivity index (χ2v) is 6.12. The summed E-state index contributed by atoms with van der Waals surface area (Å²) < 4.78 is 10.7. The minimum Gasteiger partial charge on any atom is -0.467 e. The molecule has 2 N–H and O–H groups in total. The predicted molar refractivity (Wildman–Crippen MR) is 108 cm³/mol. The number of ether oxygens (including phenoxy) is 1. The molecule has 3 aromatic rings. The molecule has 0 bridgehead atoms. The van der Waals surface area contributed by atoms with E-state index in [9.17, 15) is 4.79 Å². The number of carbonyl (C=O) groups is 1. The second kappa shape index (κ2) is 9.97. The Morgan fingerprint density at radius 1 is 0.964 bits per heavy atom. The van der Waals surface area contributed by atoms with Crippen LogP contribution in [0, 0.1) is 0 Å². The first-order chi connectivity index (χ1) is 13.7. The van der Waals surface area contributed by atoms with Crippen molar-refractivity contribution in [2.75, 3.05) is 7.05 Å². The van der Waals surface area contributed by atoms with Gasteiger partial charge in [0.2, 0.25) is 0 Å². The maximum absolute atomic E-state index is 12.3. The largest absolute Gasteiger partial charge is 0.467 e. The lowest BCUT2D eigenvalue weighted by Crippen LogP contribution is -2.36. The standard InChI is InChI=1S/C22H23N3O3/c1-23-22(25-15-20-11-6-12-27-20)24-14-18-9-5-10-19(13-18)21(26)28-16-17-7-3-2-4-8-17/h2-13H,14-16H2,1H3,(H2,23,24,25). The van der Waals surface area contributed by atoms with E-state index in [4.69, 9.17) is 9.15 Å². The summed E-state index contributed by atoms with van der Waals surface area (Å²) in [6.45, 7) is 1.32. The maximum atomic E-state index is 12.3. The van der Waals surface area contributed by atoms with E-state index in [0.29, 0.717) is 24.6 Å². The van der Waals surface area contributed by atoms with Crippen LogP contribution in [0.2, 0.25) is 0 Å². The summed E-state index contributed by atoms with van der Waals surface area (Å²) in [6.07, 6.45) is 1.63. The molecule has 1 aromatic heterocycles. The topological polar surface area (TPSA) is 75.9 Å². The number of hydrogen-bond acceptors (Lipinski definition) is 4. The molecule has 0 aliphatic heterocycles. The molecule has 0 saturated heterocycles. The number of rotatable bonds is 7. The number of hydrogen-bond donors (Lipinski definition) is 2. The third-order valence-electron chi connectivity index (χ3n) is 4.07. The highest BCUT2D eigenvalue weighted by molar-refractivity contribution is 5.89. The molecule has 1 heterocycles. The highest BCUT2D eigenvalue weighted by atomic mass is 16.5. The lowest BCUT2D eigenvalue weighted by atomic mass is 10.1. The van der Waals surface area contributed by atoms with Crippen LogP contribution < -0.4 is 10.6 Å². The Hall–Kier alpha value is -3.54. The molecule has 0 unspecified atom stereocenters. The predicted octanol–water partition coefficient (Wildman–Crippen LogP) is 3.50. The average molecular weight is 377 g/mol.